The second-order valence-corrected chi connectivity index (χ2v) is 10.3. The van der Waals surface area contributed by atoms with E-state index in [1.54, 1.807) is 42.5 Å². The highest BCUT2D eigenvalue weighted by Gasteiger charge is 2.20. The number of nitriles is 1. The number of benzene rings is 2. The van der Waals surface area contributed by atoms with Gasteiger partial charge >= 0.3 is 6.03 Å². The first-order valence-electron chi connectivity index (χ1n) is 13.3. The highest BCUT2D eigenvalue weighted by molar-refractivity contribution is 6.35. The van der Waals surface area contributed by atoms with Crippen LogP contribution in [0.5, 0.6) is 0 Å². The number of carbonyl (C=O) groups excluding carboxylic acids is 1. The minimum absolute atomic E-state index is 0.0227. The SMILES string of the molecule is CC(/C=N/c1ncnc(N)c1C#N)c1nc2cccc(Cl)c2c(=O)n1-c1cccc(NC(=O)NC2CCCCC2)c1. The minimum atomic E-state index is -0.514. The van der Waals surface area contributed by atoms with Gasteiger partial charge in [0.1, 0.15) is 29.6 Å². The van der Waals surface area contributed by atoms with Crippen LogP contribution in [-0.4, -0.2) is 37.8 Å². The molecule has 0 spiro atoms. The van der Waals surface area contributed by atoms with Crippen molar-refractivity contribution in [2.75, 3.05) is 11.1 Å². The largest absolute Gasteiger partial charge is 0.382 e. The van der Waals surface area contributed by atoms with E-state index in [-0.39, 0.29) is 45.2 Å². The molecule has 208 valence electrons. The average molecular weight is 570 g/mol. The van der Waals surface area contributed by atoms with E-state index in [1.807, 2.05) is 13.0 Å². The Bertz CT molecular complexity index is 1740. The summed E-state index contributed by atoms with van der Waals surface area (Å²) in [5, 5.41) is 15.9. The van der Waals surface area contributed by atoms with Crippen molar-refractivity contribution in [2.45, 2.75) is 51.0 Å². The van der Waals surface area contributed by atoms with Gasteiger partial charge in [-0.25, -0.2) is 24.7 Å². The smallest absolute Gasteiger partial charge is 0.319 e. The van der Waals surface area contributed by atoms with Gasteiger partial charge in [-0.3, -0.25) is 9.36 Å². The van der Waals surface area contributed by atoms with E-state index in [0.717, 1.165) is 25.7 Å². The fourth-order valence-corrected chi connectivity index (χ4v) is 5.18. The standard InChI is InChI=1S/C29H28ClN9O2/c1-17(15-33-26-21(14-31)25(32)34-16-35-26)27-38-23-12-6-11-22(30)24(23)28(40)39(27)20-10-5-9-19(13-20)37-29(41)36-18-7-3-2-4-8-18/h5-6,9-13,15-18H,2-4,7-8H2,1H3,(H2,32,34,35)(H2,36,37,41)/b33-15+. The molecule has 2 aromatic heterocycles. The van der Waals surface area contributed by atoms with Gasteiger partial charge in [-0.15, -0.1) is 0 Å². The Labute approximate surface area is 241 Å². The number of aromatic nitrogens is 4. The van der Waals surface area contributed by atoms with Gasteiger partial charge in [-0.1, -0.05) is 49.9 Å². The molecule has 1 fully saturated rings. The maximum absolute atomic E-state index is 13.9. The lowest BCUT2D eigenvalue weighted by atomic mass is 9.96. The van der Waals surface area contributed by atoms with E-state index >= 15 is 0 Å². The van der Waals surface area contributed by atoms with Crippen LogP contribution in [0.2, 0.25) is 5.02 Å². The molecule has 0 saturated heterocycles. The van der Waals surface area contributed by atoms with E-state index in [9.17, 15) is 14.9 Å². The zero-order valence-electron chi connectivity index (χ0n) is 22.3. The topological polar surface area (TPSA) is 164 Å². The number of hydrogen-bond acceptors (Lipinski definition) is 8. The van der Waals surface area contributed by atoms with E-state index in [4.69, 9.17) is 22.3 Å². The normalized spacial score (nSPS) is 14.6. The first-order valence-corrected chi connectivity index (χ1v) is 13.7. The number of nitrogens with zero attached hydrogens (tertiary/aromatic N) is 6. The Balaban J connectivity index is 1.54. The highest BCUT2D eigenvalue weighted by Crippen LogP contribution is 2.26. The van der Waals surface area contributed by atoms with E-state index < -0.39 is 5.92 Å². The summed E-state index contributed by atoms with van der Waals surface area (Å²) in [7, 11) is 0. The van der Waals surface area contributed by atoms with Crippen LogP contribution in [0.15, 0.2) is 58.6 Å². The molecule has 12 heteroatoms. The zero-order valence-corrected chi connectivity index (χ0v) is 23.1. The molecule has 4 aromatic rings. The number of nitrogen functional groups attached to an aromatic ring is 1. The molecule has 1 aliphatic carbocycles. The summed E-state index contributed by atoms with van der Waals surface area (Å²) < 4.78 is 1.45. The molecule has 5 rings (SSSR count). The Morgan fingerprint density at radius 1 is 1.22 bits per heavy atom. The lowest BCUT2D eigenvalue weighted by Gasteiger charge is -2.23. The van der Waals surface area contributed by atoms with Crippen LogP contribution in [0.4, 0.5) is 22.1 Å². The van der Waals surface area contributed by atoms with Gasteiger partial charge in [0.2, 0.25) is 0 Å². The second kappa shape index (κ2) is 12.1. The number of anilines is 2. The molecule has 1 saturated carbocycles. The number of halogens is 1. The summed E-state index contributed by atoms with van der Waals surface area (Å²) in [5.41, 5.74) is 6.91. The molecule has 0 aliphatic heterocycles. The fourth-order valence-electron chi connectivity index (χ4n) is 4.93. The van der Waals surface area contributed by atoms with Crippen LogP contribution in [0, 0.1) is 11.3 Å². The van der Waals surface area contributed by atoms with Gasteiger partial charge in [0, 0.05) is 17.9 Å². The van der Waals surface area contributed by atoms with Crippen molar-refractivity contribution in [3.8, 4) is 11.8 Å². The summed E-state index contributed by atoms with van der Waals surface area (Å²) in [6.07, 6.45) is 8.10. The number of carbonyl (C=O) groups is 1. The molecule has 2 aromatic carbocycles. The third-order valence-electron chi connectivity index (χ3n) is 6.97. The molecular formula is C29H28ClN9O2. The van der Waals surface area contributed by atoms with Crippen molar-refractivity contribution in [2.24, 2.45) is 4.99 Å². The quantitative estimate of drug-likeness (QED) is 0.267. The Hall–Kier alpha value is -4.82. The van der Waals surface area contributed by atoms with Crippen molar-refractivity contribution in [3.63, 3.8) is 0 Å². The molecule has 1 aliphatic rings. The molecule has 4 N–H and O–H groups in total. The number of nitrogens with two attached hydrogens (primary N) is 1. The lowest BCUT2D eigenvalue weighted by Crippen LogP contribution is -2.39. The van der Waals surface area contributed by atoms with Gasteiger partial charge in [-0.05, 0) is 43.2 Å². The molecule has 0 radical (unpaired) electrons. The predicted molar refractivity (Wildman–Crippen MR) is 159 cm³/mol. The number of urea groups is 1. The lowest BCUT2D eigenvalue weighted by molar-refractivity contribution is 0.244. The molecule has 2 amide bonds. The predicted octanol–water partition coefficient (Wildman–Crippen LogP) is 5.24. The van der Waals surface area contributed by atoms with Gasteiger partial charge < -0.3 is 16.4 Å². The maximum Gasteiger partial charge on any atom is 0.319 e. The molecule has 1 atom stereocenters. The van der Waals surface area contributed by atoms with Crippen molar-refractivity contribution in [1.29, 1.82) is 5.26 Å². The first kappa shape index (κ1) is 27.7. The molecule has 2 heterocycles. The highest BCUT2D eigenvalue weighted by atomic mass is 35.5. The fraction of sp³-hybridized carbons (Fsp3) is 0.276. The van der Waals surface area contributed by atoms with Crippen LogP contribution in [0.1, 0.15) is 56.3 Å². The summed E-state index contributed by atoms with van der Waals surface area (Å²) in [5.74, 6) is -0.00725. The van der Waals surface area contributed by atoms with Crippen LogP contribution < -0.4 is 21.9 Å². The van der Waals surface area contributed by atoms with Crippen LogP contribution in [0.25, 0.3) is 16.6 Å². The summed E-state index contributed by atoms with van der Waals surface area (Å²) in [4.78, 5) is 43.6. The number of rotatable bonds is 6. The average Bonchev–Trinajstić information content (AvgIpc) is 2.96. The van der Waals surface area contributed by atoms with E-state index in [1.165, 1.54) is 23.5 Å². The third-order valence-corrected chi connectivity index (χ3v) is 7.29. The number of hydrogen-bond donors (Lipinski definition) is 3. The van der Waals surface area contributed by atoms with Gasteiger partial charge in [0.25, 0.3) is 5.56 Å². The van der Waals surface area contributed by atoms with Crippen LogP contribution >= 0.6 is 11.6 Å². The summed E-state index contributed by atoms with van der Waals surface area (Å²) in [6.45, 7) is 1.81. The van der Waals surface area contributed by atoms with Gasteiger partial charge in [-0.2, -0.15) is 5.26 Å². The van der Waals surface area contributed by atoms with Gasteiger partial charge in [0.05, 0.1) is 27.5 Å². The Morgan fingerprint density at radius 2 is 2.00 bits per heavy atom. The van der Waals surface area contributed by atoms with Crippen LogP contribution in [-0.2, 0) is 0 Å². The summed E-state index contributed by atoms with van der Waals surface area (Å²) in [6, 6.07) is 13.9. The Morgan fingerprint density at radius 3 is 2.78 bits per heavy atom. The third kappa shape index (κ3) is 6.02. The molecule has 41 heavy (non-hydrogen) atoms. The Kier molecular flexibility index (Phi) is 8.21. The van der Waals surface area contributed by atoms with E-state index in [2.05, 4.69) is 25.6 Å². The van der Waals surface area contributed by atoms with Crippen molar-refractivity contribution < 1.29 is 4.79 Å². The first-order chi connectivity index (χ1) is 19.9. The second-order valence-electron chi connectivity index (χ2n) is 9.86. The molecule has 0 bridgehead atoms. The number of nitrogens with one attached hydrogen (secondary N) is 2. The van der Waals surface area contributed by atoms with Crippen molar-refractivity contribution in [3.05, 3.63) is 75.6 Å². The van der Waals surface area contributed by atoms with Crippen molar-refractivity contribution >= 4 is 52.1 Å². The summed E-state index contributed by atoms with van der Waals surface area (Å²) >= 11 is 6.43. The van der Waals surface area contributed by atoms with E-state index in [0.29, 0.717) is 22.7 Å². The molecule has 1 unspecified atom stereocenters. The number of fused-ring (bicyclic) bond motifs is 1. The van der Waals surface area contributed by atoms with Crippen LogP contribution in [0.3, 0.4) is 0 Å². The number of aliphatic imine (C=N–C) groups is 1. The number of amides is 2. The molecular weight excluding hydrogens is 542 g/mol. The monoisotopic (exact) mass is 569 g/mol. The minimum Gasteiger partial charge on any atom is -0.382 e. The van der Waals surface area contributed by atoms with Gasteiger partial charge in [0.15, 0.2) is 5.82 Å². The zero-order chi connectivity index (χ0) is 28.9. The molecule has 11 nitrogen and oxygen atoms in total. The van der Waals surface area contributed by atoms with Crippen molar-refractivity contribution in [1.82, 2.24) is 24.8 Å². The maximum atomic E-state index is 13.9.